The fourth-order valence-corrected chi connectivity index (χ4v) is 3.44. The van der Waals surface area contributed by atoms with E-state index in [2.05, 4.69) is 20.3 Å². The van der Waals surface area contributed by atoms with Gasteiger partial charge in [-0.05, 0) is 43.9 Å². The number of aromatic amines is 1. The molecule has 140 valence electrons. The van der Waals surface area contributed by atoms with Crippen LogP contribution in [0.15, 0.2) is 30.6 Å². The van der Waals surface area contributed by atoms with E-state index in [1.807, 2.05) is 37.5 Å². The van der Waals surface area contributed by atoms with Crippen LogP contribution in [0.2, 0.25) is 0 Å². The number of hydrogen-bond donors (Lipinski definition) is 2. The first-order valence-corrected chi connectivity index (χ1v) is 9.04. The summed E-state index contributed by atoms with van der Waals surface area (Å²) in [5.41, 5.74) is 4.84. The molecule has 1 aromatic carbocycles. The van der Waals surface area contributed by atoms with Crippen molar-refractivity contribution >= 4 is 11.6 Å². The number of aryl methyl sites for hydroxylation is 2. The number of ether oxygens (including phenoxy) is 2. The number of fused-ring (bicyclic) bond motifs is 1. The zero-order valence-electron chi connectivity index (χ0n) is 15.7. The second-order valence-corrected chi connectivity index (χ2v) is 6.65. The van der Waals surface area contributed by atoms with Gasteiger partial charge < -0.3 is 19.8 Å². The topological polar surface area (TPSA) is 84.9 Å². The average molecular weight is 365 g/mol. The minimum atomic E-state index is 0.0383. The van der Waals surface area contributed by atoms with Gasteiger partial charge >= 0.3 is 0 Å². The molecule has 4 rings (SSSR count). The van der Waals surface area contributed by atoms with Crippen molar-refractivity contribution < 1.29 is 9.47 Å². The summed E-state index contributed by atoms with van der Waals surface area (Å²) in [5.74, 6) is 2.06. The maximum Gasteiger partial charge on any atom is 0.227 e. The zero-order valence-corrected chi connectivity index (χ0v) is 15.7. The molecule has 2 N–H and O–H groups in total. The second-order valence-electron chi connectivity index (χ2n) is 6.65. The Morgan fingerprint density at radius 1 is 1.22 bits per heavy atom. The standard InChI is InChI=1S/C20H23N5O2/c1-12-10-21-19(23-12)15-8-7-14(9-17(15)27-3)24-20-22-11-13-5-4-6-16(26-2)18(13)25-20/h7-11,16H,4-6H2,1-3H3,(H,21,23)(H,22,24,25). The second kappa shape index (κ2) is 7.36. The normalized spacial score (nSPS) is 16.0. The number of methoxy groups -OCH3 is 2. The summed E-state index contributed by atoms with van der Waals surface area (Å²) < 4.78 is 11.1. The molecule has 0 amide bonds. The van der Waals surface area contributed by atoms with E-state index < -0.39 is 0 Å². The van der Waals surface area contributed by atoms with Gasteiger partial charge in [-0.15, -0.1) is 0 Å². The highest BCUT2D eigenvalue weighted by molar-refractivity contribution is 5.70. The molecule has 27 heavy (non-hydrogen) atoms. The lowest BCUT2D eigenvalue weighted by Gasteiger charge is -2.23. The summed E-state index contributed by atoms with van der Waals surface area (Å²) in [4.78, 5) is 16.8. The maximum atomic E-state index is 5.58. The first-order valence-electron chi connectivity index (χ1n) is 9.04. The smallest absolute Gasteiger partial charge is 0.227 e. The first-order chi connectivity index (χ1) is 13.2. The number of rotatable bonds is 5. The van der Waals surface area contributed by atoms with Gasteiger partial charge in [0.05, 0.1) is 30.2 Å². The van der Waals surface area contributed by atoms with Gasteiger partial charge in [0.25, 0.3) is 0 Å². The molecule has 0 saturated heterocycles. The minimum Gasteiger partial charge on any atom is -0.496 e. The molecule has 2 aromatic heterocycles. The van der Waals surface area contributed by atoms with Crippen LogP contribution in [0.25, 0.3) is 11.4 Å². The van der Waals surface area contributed by atoms with Crippen LogP contribution in [-0.4, -0.2) is 34.2 Å². The summed E-state index contributed by atoms with van der Waals surface area (Å²) in [5, 5.41) is 3.27. The Morgan fingerprint density at radius 3 is 2.85 bits per heavy atom. The van der Waals surface area contributed by atoms with Gasteiger partial charge in [0.2, 0.25) is 5.95 Å². The molecule has 3 aromatic rings. The van der Waals surface area contributed by atoms with Gasteiger partial charge in [-0.2, -0.15) is 0 Å². The molecule has 1 atom stereocenters. The lowest BCUT2D eigenvalue weighted by Crippen LogP contribution is -2.15. The zero-order chi connectivity index (χ0) is 18.8. The Balaban J connectivity index is 1.61. The summed E-state index contributed by atoms with van der Waals surface area (Å²) >= 11 is 0. The van der Waals surface area contributed by atoms with Crippen molar-refractivity contribution in [3.63, 3.8) is 0 Å². The Labute approximate surface area is 158 Å². The van der Waals surface area contributed by atoms with Crippen LogP contribution < -0.4 is 10.1 Å². The molecule has 0 radical (unpaired) electrons. The van der Waals surface area contributed by atoms with Crippen molar-refractivity contribution in [2.24, 2.45) is 0 Å². The first kappa shape index (κ1) is 17.5. The Kier molecular flexibility index (Phi) is 4.77. The van der Waals surface area contributed by atoms with Crippen molar-refractivity contribution in [2.75, 3.05) is 19.5 Å². The highest BCUT2D eigenvalue weighted by atomic mass is 16.5. The van der Waals surface area contributed by atoms with Crippen LogP contribution in [0.1, 0.15) is 35.9 Å². The quantitative estimate of drug-likeness (QED) is 0.712. The van der Waals surface area contributed by atoms with E-state index in [0.717, 1.165) is 53.5 Å². The molecule has 0 saturated carbocycles. The molecule has 1 unspecified atom stereocenters. The molecule has 1 aliphatic carbocycles. The number of anilines is 2. The SMILES string of the molecule is COc1cc(Nc2ncc3c(n2)C(OC)CCC3)ccc1-c1nc(C)c[nH]1. The van der Waals surface area contributed by atoms with Gasteiger partial charge in [-0.25, -0.2) is 15.0 Å². The molecule has 7 heteroatoms. The number of aromatic nitrogens is 4. The van der Waals surface area contributed by atoms with Crippen LogP contribution >= 0.6 is 0 Å². The average Bonchev–Trinajstić information content (AvgIpc) is 3.13. The Morgan fingerprint density at radius 2 is 2.11 bits per heavy atom. The largest absolute Gasteiger partial charge is 0.496 e. The third-order valence-electron chi connectivity index (χ3n) is 4.82. The molecular formula is C20H23N5O2. The third kappa shape index (κ3) is 3.50. The number of benzene rings is 1. The minimum absolute atomic E-state index is 0.0383. The fourth-order valence-electron chi connectivity index (χ4n) is 3.44. The van der Waals surface area contributed by atoms with E-state index in [4.69, 9.17) is 14.5 Å². The van der Waals surface area contributed by atoms with Crippen LogP contribution in [0.3, 0.4) is 0 Å². The van der Waals surface area contributed by atoms with E-state index >= 15 is 0 Å². The number of imidazole rings is 1. The lowest BCUT2D eigenvalue weighted by atomic mass is 9.95. The highest BCUT2D eigenvalue weighted by Crippen LogP contribution is 2.33. The van der Waals surface area contributed by atoms with Crippen molar-refractivity contribution in [3.8, 4) is 17.1 Å². The number of nitrogens with zero attached hydrogens (tertiary/aromatic N) is 3. The van der Waals surface area contributed by atoms with Crippen molar-refractivity contribution in [1.82, 2.24) is 19.9 Å². The summed E-state index contributed by atoms with van der Waals surface area (Å²) in [6.45, 7) is 1.95. The maximum absolute atomic E-state index is 5.58. The summed E-state index contributed by atoms with van der Waals surface area (Å²) in [6.07, 6.45) is 6.90. The molecule has 2 heterocycles. The Hall–Kier alpha value is -2.93. The number of H-pyrrole nitrogens is 1. The van der Waals surface area contributed by atoms with E-state index in [0.29, 0.717) is 5.95 Å². The molecule has 1 aliphatic rings. The number of hydrogen-bond acceptors (Lipinski definition) is 6. The molecule has 7 nitrogen and oxygen atoms in total. The Bertz CT molecular complexity index is 953. The fraction of sp³-hybridized carbons (Fsp3) is 0.350. The molecule has 0 aliphatic heterocycles. The highest BCUT2D eigenvalue weighted by Gasteiger charge is 2.22. The van der Waals surface area contributed by atoms with Crippen molar-refractivity contribution in [2.45, 2.75) is 32.3 Å². The van der Waals surface area contributed by atoms with E-state index in [1.165, 1.54) is 5.56 Å². The van der Waals surface area contributed by atoms with Crippen LogP contribution in [-0.2, 0) is 11.2 Å². The summed E-state index contributed by atoms with van der Waals surface area (Å²) in [7, 11) is 3.38. The van der Waals surface area contributed by atoms with Crippen molar-refractivity contribution in [3.05, 3.63) is 47.5 Å². The number of nitrogens with one attached hydrogen (secondary N) is 2. The van der Waals surface area contributed by atoms with E-state index in [-0.39, 0.29) is 6.10 Å². The molecular weight excluding hydrogens is 342 g/mol. The molecule has 0 spiro atoms. The van der Waals surface area contributed by atoms with Gasteiger partial charge in [0, 0.05) is 31.3 Å². The van der Waals surface area contributed by atoms with E-state index in [1.54, 1.807) is 14.2 Å². The third-order valence-corrected chi connectivity index (χ3v) is 4.82. The predicted molar refractivity (Wildman–Crippen MR) is 103 cm³/mol. The van der Waals surface area contributed by atoms with Crippen LogP contribution in [0, 0.1) is 6.92 Å². The van der Waals surface area contributed by atoms with Gasteiger partial charge in [0.15, 0.2) is 0 Å². The van der Waals surface area contributed by atoms with Gasteiger partial charge in [-0.3, -0.25) is 0 Å². The van der Waals surface area contributed by atoms with Gasteiger partial charge in [0.1, 0.15) is 11.6 Å². The van der Waals surface area contributed by atoms with Crippen molar-refractivity contribution in [1.29, 1.82) is 0 Å². The van der Waals surface area contributed by atoms with Gasteiger partial charge in [-0.1, -0.05) is 0 Å². The summed E-state index contributed by atoms with van der Waals surface area (Å²) in [6, 6.07) is 5.85. The van der Waals surface area contributed by atoms with E-state index in [9.17, 15) is 0 Å². The lowest BCUT2D eigenvalue weighted by molar-refractivity contribution is 0.0842. The monoisotopic (exact) mass is 365 g/mol. The van der Waals surface area contributed by atoms with Crippen LogP contribution in [0.5, 0.6) is 5.75 Å². The predicted octanol–water partition coefficient (Wildman–Crippen LogP) is 3.95. The molecule has 0 bridgehead atoms. The molecule has 0 fully saturated rings. The van der Waals surface area contributed by atoms with Crippen LogP contribution in [0.4, 0.5) is 11.6 Å².